The van der Waals surface area contributed by atoms with E-state index in [-0.39, 0.29) is 5.91 Å². The molecule has 0 saturated carbocycles. The first-order valence-corrected chi connectivity index (χ1v) is 6.46. The molecule has 0 bridgehead atoms. The molecule has 0 unspecified atom stereocenters. The molecule has 18 heavy (non-hydrogen) atoms. The zero-order chi connectivity index (χ0) is 12.8. The molecule has 4 nitrogen and oxygen atoms in total. The number of amides is 1. The van der Waals surface area contributed by atoms with Crippen molar-refractivity contribution in [2.75, 3.05) is 19.7 Å². The summed E-state index contributed by atoms with van der Waals surface area (Å²) in [5, 5.41) is 3.30. The van der Waals surface area contributed by atoms with Gasteiger partial charge < -0.3 is 5.32 Å². The number of hydrogen-bond acceptors (Lipinski definition) is 3. The number of aryl methyl sites for hydroxylation is 1. The van der Waals surface area contributed by atoms with Gasteiger partial charge in [0, 0.05) is 5.56 Å². The number of hydrogen-bond donors (Lipinski definition) is 2. The zero-order valence-electron chi connectivity index (χ0n) is 10.7. The van der Waals surface area contributed by atoms with Gasteiger partial charge in [-0.05, 0) is 50.4 Å². The first-order valence-electron chi connectivity index (χ1n) is 6.46. The van der Waals surface area contributed by atoms with Crippen LogP contribution in [0.1, 0.15) is 28.8 Å². The summed E-state index contributed by atoms with van der Waals surface area (Å²) in [7, 11) is 0. The van der Waals surface area contributed by atoms with Gasteiger partial charge in [0.2, 0.25) is 0 Å². The Hall–Kier alpha value is -1.39. The lowest BCUT2D eigenvalue weighted by Gasteiger charge is -2.22. The third-order valence-corrected chi connectivity index (χ3v) is 3.33. The van der Waals surface area contributed by atoms with Gasteiger partial charge in [-0.3, -0.25) is 9.63 Å². The lowest BCUT2D eigenvalue weighted by atomic mass is 10.00. The molecule has 1 heterocycles. The van der Waals surface area contributed by atoms with Crippen molar-refractivity contribution in [1.82, 2.24) is 10.8 Å². The molecule has 2 rings (SSSR count). The fourth-order valence-corrected chi connectivity index (χ4v) is 2.16. The van der Waals surface area contributed by atoms with Crippen molar-refractivity contribution in [3.63, 3.8) is 0 Å². The molecule has 98 valence electrons. The fraction of sp³-hybridized carbons (Fsp3) is 0.500. The van der Waals surface area contributed by atoms with Gasteiger partial charge in [-0.2, -0.15) is 0 Å². The van der Waals surface area contributed by atoms with Crippen LogP contribution < -0.4 is 10.8 Å². The van der Waals surface area contributed by atoms with Crippen molar-refractivity contribution in [3.8, 4) is 0 Å². The van der Waals surface area contributed by atoms with Crippen LogP contribution in [-0.4, -0.2) is 25.6 Å². The summed E-state index contributed by atoms with van der Waals surface area (Å²) >= 11 is 0. The largest absolute Gasteiger partial charge is 0.317 e. The van der Waals surface area contributed by atoms with E-state index in [2.05, 4.69) is 10.8 Å². The molecular formula is C14H20N2O2. The van der Waals surface area contributed by atoms with Gasteiger partial charge in [-0.1, -0.05) is 18.2 Å². The first-order chi connectivity index (χ1) is 8.77. The van der Waals surface area contributed by atoms with E-state index in [0.29, 0.717) is 18.1 Å². The van der Waals surface area contributed by atoms with Crippen molar-refractivity contribution in [2.24, 2.45) is 5.92 Å². The molecule has 0 radical (unpaired) electrons. The van der Waals surface area contributed by atoms with E-state index in [1.54, 1.807) is 6.07 Å². The predicted molar refractivity (Wildman–Crippen MR) is 70.2 cm³/mol. The summed E-state index contributed by atoms with van der Waals surface area (Å²) < 4.78 is 0. The predicted octanol–water partition coefficient (Wildman–Crippen LogP) is 1.66. The molecule has 1 fully saturated rings. The van der Waals surface area contributed by atoms with Gasteiger partial charge in [0.15, 0.2) is 0 Å². The van der Waals surface area contributed by atoms with Gasteiger partial charge in [0.25, 0.3) is 5.91 Å². The van der Waals surface area contributed by atoms with Crippen molar-refractivity contribution in [2.45, 2.75) is 19.8 Å². The maximum atomic E-state index is 11.9. The Morgan fingerprint density at radius 2 is 2.11 bits per heavy atom. The van der Waals surface area contributed by atoms with Crippen LogP contribution in [0.5, 0.6) is 0 Å². The van der Waals surface area contributed by atoms with Crippen LogP contribution in [0.25, 0.3) is 0 Å². The Morgan fingerprint density at radius 1 is 1.39 bits per heavy atom. The highest BCUT2D eigenvalue weighted by molar-refractivity contribution is 5.94. The van der Waals surface area contributed by atoms with Crippen LogP contribution in [-0.2, 0) is 4.84 Å². The maximum Gasteiger partial charge on any atom is 0.275 e. The smallest absolute Gasteiger partial charge is 0.275 e. The molecule has 4 heteroatoms. The van der Waals surface area contributed by atoms with E-state index < -0.39 is 0 Å². The minimum Gasteiger partial charge on any atom is -0.317 e. The number of rotatable bonds is 4. The Morgan fingerprint density at radius 3 is 2.83 bits per heavy atom. The Kier molecular flexibility index (Phi) is 4.73. The standard InChI is InChI=1S/C14H20N2O2/c1-11-4-2-3-5-13(11)14(17)16-18-10-12-6-8-15-9-7-12/h2-5,12,15H,6-10H2,1H3,(H,16,17). The van der Waals surface area contributed by atoms with E-state index in [0.717, 1.165) is 31.5 Å². The molecule has 2 N–H and O–H groups in total. The summed E-state index contributed by atoms with van der Waals surface area (Å²) in [5.74, 6) is 0.380. The van der Waals surface area contributed by atoms with Crippen LogP contribution in [0.3, 0.4) is 0 Å². The van der Waals surface area contributed by atoms with Crippen LogP contribution >= 0.6 is 0 Å². The minimum atomic E-state index is -0.165. The highest BCUT2D eigenvalue weighted by Gasteiger charge is 2.14. The summed E-state index contributed by atoms with van der Waals surface area (Å²) in [6.07, 6.45) is 2.22. The average Bonchev–Trinajstić information content (AvgIpc) is 2.40. The zero-order valence-corrected chi connectivity index (χ0v) is 10.7. The fourth-order valence-electron chi connectivity index (χ4n) is 2.16. The van der Waals surface area contributed by atoms with E-state index >= 15 is 0 Å². The monoisotopic (exact) mass is 248 g/mol. The van der Waals surface area contributed by atoms with Gasteiger partial charge in [-0.25, -0.2) is 5.48 Å². The number of carbonyl (C=O) groups excluding carboxylic acids is 1. The molecule has 1 aromatic carbocycles. The molecule has 1 aromatic rings. The van der Waals surface area contributed by atoms with E-state index in [4.69, 9.17) is 4.84 Å². The van der Waals surface area contributed by atoms with Gasteiger partial charge in [0.1, 0.15) is 0 Å². The second-order valence-electron chi connectivity index (χ2n) is 4.75. The molecule has 1 saturated heterocycles. The van der Waals surface area contributed by atoms with E-state index in [1.807, 2.05) is 25.1 Å². The Bertz CT molecular complexity index is 401. The molecule has 0 spiro atoms. The van der Waals surface area contributed by atoms with Crippen molar-refractivity contribution in [3.05, 3.63) is 35.4 Å². The summed E-state index contributed by atoms with van der Waals surface area (Å²) in [5.41, 5.74) is 4.16. The highest BCUT2D eigenvalue weighted by atomic mass is 16.6. The molecule has 0 aliphatic carbocycles. The van der Waals surface area contributed by atoms with Crippen LogP contribution in [0.15, 0.2) is 24.3 Å². The normalized spacial score (nSPS) is 16.5. The average molecular weight is 248 g/mol. The molecule has 0 aromatic heterocycles. The van der Waals surface area contributed by atoms with Crippen molar-refractivity contribution >= 4 is 5.91 Å². The second kappa shape index (κ2) is 6.52. The lowest BCUT2D eigenvalue weighted by molar-refractivity contribution is 0.0117. The summed E-state index contributed by atoms with van der Waals surface area (Å²) in [4.78, 5) is 17.2. The second-order valence-corrected chi connectivity index (χ2v) is 4.75. The SMILES string of the molecule is Cc1ccccc1C(=O)NOCC1CCNCC1. The summed E-state index contributed by atoms with van der Waals surface area (Å²) in [6.45, 7) is 4.60. The van der Waals surface area contributed by atoms with Crippen LogP contribution in [0.4, 0.5) is 0 Å². The third kappa shape index (κ3) is 3.55. The minimum absolute atomic E-state index is 0.165. The number of piperidine rings is 1. The molecule has 1 aliphatic heterocycles. The molecular weight excluding hydrogens is 228 g/mol. The van der Waals surface area contributed by atoms with E-state index in [1.165, 1.54) is 0 Å². The van der Waals surface area contributed by atoms with Crippen molar-refractivity contribution < 1.29 is 9.63 Å². The molecule has 0 atom stereocenters. The summed E-state index contributed by atoms with van der Waals surface area (Å²) in [6, 6.07) is 7.50. The van der Waals surface area contributed by atoms with Crippen LogP contribution in [0, 0.1) is 12.8 Å². The maximum absolute atomic E-state index is 11.9. The van der Waals surface area contributed by atoms with Gasteiger partial charge >= 0.3 is 0 Å². The topological polar surface area (TPSA) is 50.4 Å². The number of nitrogens with one attached hydrogen (secondary N) is 2. The quantitative estimate of drug-likeness (QED) is 0.797. The molecule has 1 amide bonds. The number of carbonyl (C=O) groups is 1. The highest BCUT2D eigenvalue weighted by Crippen LogP contribution is 2.11. The third-order valence-electron chi connectivity index (χ3n) is 3.33. The van der Waals surface area contributed by atoms with Gasteiger partial charge in [-0.15, -0.1) is 0 Å². The van der Waals surface area contributed by atoms with Crippen LogP contribution in [0.2, 0.25) is 0 Å². The lowest BCUT2D eigenvalue weighted by Crippen LogP contribution is -2.33. The first kappa shape index (κ1) is 13.1. The number of hydroxylamine groups is 1. The number of benzene rings is 1. The Labute approximate surface area is 108 Å². The van der Waals surface area contributed by atoms with Gasteiger partial charge in [0.05, 0.1) is 6.61 Å². The molecule has 1 aliphatic rings. The van der Waals surface area contributed by atoms with E-state index in [9.17, 15) is 4.79 Å². The van der Waals surface area contributed by atoms with Crippen molar-refractivity contribution in [1.29, 1.82) is 0 Å². The Balaban J connectivity index is 1.76.